The molecule has 0 aliphatic heterocycles. The second-order valence-corrected chi connectivity index (χ2v) is 5.35. The summed E-state index contributed by atoms with van der Waals surface area (Å²) in [6, 6.07) is 8.13. The van der Waals surface area contributed by atoms with E-state index in [0.29, 0.717) is 0 Å². The molecule has 0 aromatic heterocycles. The van der Waals surface area contributed by atoms with E-state index in [0.717, 1.165) is 12.0 Å². The second-order valence-electron chi connectivity index (χ2n) is 5.35. The van der Waals surface area contributed by atoms with Crippen molar-refractivity contribution >= 4 is 5.97 Å². The highest BCUT2D eigenvalue weighted by Crippen LogP contribution is 2.21. The van der Waals surface area contributed by atoms with Crippen molar-refractivity contribution < 1.29 is 9.53 Å². The van der Waals surface area contributed by atoms with E-state index >= 15 is 0 Å². The Morgan fingerprint density at radius 3 is 2.53 bits per heavy atom. The molecule has 1 aromatic carbocycles. The first-order valence-corrected chi connectivity index (χ1v) is 6.15. The van der Waals surface area contributed by atoms with Gasteiger partial charge in [-0.15, -0.1) is 0 Å². The van der Waals surface area contributed by atoms with Gasteiger partial charge >= 0.3 is 5.97 Å². The molecule has 0 aliphatic carbocycles. The van der Waals surface area contributed by atoms with Crippen LogP contribution in [0, 0.1) is 0 Å². The molecule has 0 aliphatic rings. The van der Waals surface area contributed by atoms with E-state index in [4.69, 9.17) is 4.74 Å². The normalized spacial score (nSPS) is 13.2. The van der Waals surface area contributed by atoms with Gasteiger partial charge in [-0.2, -0.15) is 0 Å². The second kappa shape index (κ2) is 5.35. The maximum Gasteiger partial charge on any atom is 0.313 e. The molecular weight excluding hydrogens is 212 g/mol. The third-order valence-corrected chi connectivity index (χ3v) is 2.62. The lowest BCUT2D eigenvalue weighted by Gasteiger charge is -2.22. The quantitative estimate of drug-likeness (QED) is 0.745. The van der Waals surface area contributed by atoms with Crippen molar-refractivity contribution in [3.63, 3.8) is 0 Å². The lowest BCUT2D eigenvalue weighted by atomic mass is 9.98. The van der Waals surface area contributed by atoms with Crippen LogP contribution in [0.25, 0.3) is 0 Å². The molecule has 0 bridgehead atoms. The van der Waals surface area contributed by atoms with Crippen molar-refractivity contribution in [2.75, 3.05) is 0 Å². The Kier molecular flexibility index (Phi) is 4.33. The SMILES string of the molecule is CCc1cccc(C(C)C(=O)OC(C)(C)C)c1. The Bertz CT molecular complexity index is 388. The first-order valence-electron chi connectivity index (χ1n) is 6.15. The standard InChI is InChI=1S/C15H22O2/c1-6-12-8-7-9-13(10-12)11(2)14(16)17-15(3,4)5/h7-11H,6H2,1-5H3. The van der Waals surface area contributed by atoms with Crippen molar-refractivity contribution in [2.24, 2.45) is 0 Å². The van der Waals surface area contributed by atoms with Crippen molar-refractivity contribution in [2.45, 2.75) is 52.6 Å². The van der Waals surface area contributed by atoms with E-state index < -0.39 is 5.60 Å². The maximum atomic E-state index is 11.9. The van der Waals surface area contributed by atoms with Gasteiger partial charge in [0.1, 0.15) is 5.60 Å². The number of aryl methyl sites for hydroxylation is 1. The van der Waals surface area contributed by atoms with Crippen LogP contribution in [0.5, 0.6) is 0 Å². The summed E-state index contributed by atoms with van der Waals surface area (Å²) in [5.74, 6) is -0.369. The third-order valence-electron chi connectivity index (χ3n) is 2.62. The van der Waals surface area contributed by atoms with E-state index in [2.05, 4.69) is 19.1 Å². The van der Waals surface area contributed by atoms with Gasteiger partial charge in [0.2, 0.25) is 0 Å². The zero-order valence-electron chi connectivity index (χ0n) is 11.4. The van der Waals surface area contributed by atoms with Gasteiger partial charge in [-0.25, -0.2) is 0 Å². The van der Waals surface area contributed by atoms with Crippen LogP contribution in [0.1, 0.15) is 51.7 Å². The summed E-state index contributed by atoms with van der Waals surface area (Å²) in [5.41, 5.74) is 1.85. The summed E-state index contributed by atoms with van der Waals surface area (Å²) in [5, 5.41) is 0. The fraction of sp³-hybridized carbons (Fsp3) is 0.533. The average Bonchev–Trinajstić information content (AvgIpc) is 2.26. The molecule has 0 spiro atoms. The molecule has 0 N–H and O–H groups in total. The first-order chi connectivity index (χ1) is 7.83. The number of rotatable bonds is 3. The Morgan fingerprint density at radius 1 is 1.35 bits per heavy atom. The largest absolute Gasteiger partial charge is 0.460 e. The summed E-state index contributed by atoms with van der Waals surface area (Å²) in [7, 11) is 0. The molecule has 2 heteroatoms. The zero-order chi connectivity index (χ0) is 13.1. The highest BCUT2D eigenvalue weighted by atomic mass is 16.6. The van der Waals surface area contributed by atoms with Gasteiger partial charge in [0.25, 0.3) is 0 Å². The van der Waals surface area contributed by atoms with E-state index in [1.165, 1.54) is 5.56 Å². The van der Waals surface area contributed by atoms with Crippen molar-refractivity contribution in [3.05, 3.63) is 35.4 Å². The highest BCUT2D eigenvalue weighted by molar-refractivity contribution is 5.78. The average molecular weight is 234 g/mol. The molecule has 0 saturated carbocycles. The Balaban J connectivity index is 2.81. The van der Waals surface area contributed by atoms with Crippen LogP contribution in [0.4, 0.5) is 0 Å². The first kappa shape index (κ1) is 13.8. The van der Waals surface area contributed by atoms with Gasteiger partial charge in [-0.05, 0) is 45.2 Å². The molecular formula is C15H22O2. The molecule has 0 fully saturated rings. The lowest BCUT2D eigenvalue weighted by Crippen LogP contribution is -2.26. The van der Waals surface area contributed by atoms with Crippen LogP contribution in [0.2, 0.25) is 0 Å². The van der Waals surface area contributed by atoms with Crippen LogP contribution in [-0.2, 0) is 16.0 Å². The number of ether oxygens (including phenoxy) is 1. The van der Waals surface area contributed by atoms with Crippen LogP contribution < -0.4 is 0 Å². The van der Waals surface area contributed by atoms with Gasteiger partial charge in [0.15, 0.2) is 0 Å². The molecule has 1 unspecified atom stereocenters. The van der Waals surface area contributed by atoms with Gasteiger partial charge in [0, 0.05) is 0 Å². The Morgan fingerprint density at radius 2 is 2.00 bits per heavy atom. The van der Waals surface area contributed by atoms with Gasteiger partial charge in [-0.3, -0.25) is 4.79 Å². The maximum absolute atomic E-state index is 11.9. The van der Waals surface area contributed by atoms with Gasteiger partial charge in [-0.1, -0.05) is 31.2 Å². The summed E-state index contributed by atoms with van der Waals surface area (Å²) in [4.78, 5) is 11.9. The van der Waals surface area contributed by atoms with Crippen LogP contribution >= 0.6 is 0 Å². The Labute approximate surface area is 104 Å². The van der Waals surface area contributed by atoms with E-state index in [-0.39, 0.29) is 11.9 Å². The van der Waals surface area contributed by atoms with Crippen molar-refractivity contribution in [1.82, 2.24) is 0 Å². The number of carbonyl (C=O) groups is 1. The minimum absolute atomic E-state index is 0.161. The molecule has 17 heavy (non-hydrogen) atoms. The molecule has 2 nitrogen and oxygen atoms in total. The van der Waals surface area contributed by atoms with E-state index in [9.17, 15) is 4.79 Å². The summed E-state index contributed by atoms with van der Waals surface area (Å²) in [6.07, 6.45) is 0.981. The van der Waals surface area contributed by atoms with Crippen LogP contribution in [0.3, 0.4) is 0 Å². The van der Waals surface area contributed by atoms with Crippen LogP contribution in [0.15, 0.2) is 24.3 Å². The number of hydrogen-bond acceptors (Lipinski definition) is 2. The zero-order valence-corrected chi connectivity index (χ0v) is 11.4. The predicted octanol–water partition coefficient (Wildman–Crippen LogP) is 3.69. The molecule has 1 aromatic rings. The molecule has 0 saturated heterocycles. The molecule has 94 valence electrons. The van der Waals surface area contributed by atoms with E-state index in [1.807, 2.05) is 39.8 Å². The van der Waals surface area contributed by atoms with E-state index in [1.54, 1.807) is 0 Å². The highest BCUT2D eigenvalue weighted by Gasteiger charge is 2.22. The van der Waals surface area contributed by atoms with Crippen molar-refractivity contribution in [3.8, 4) is 0 Å². The smallest absolute Gasteiger partial charge is 0.313 e. The lowest BCUT2D eigenvalue weighted by molar-refractivity contribution is -0.156. The summed E-state index contributed by atoms with van der Waals surface area (Å²) >= 11 is 0. The molecule has 1 atom stereocenters. The topological polar surface area (TPSA) is 26.3 Å². The predicted molar refractivity (Wildman–Crippen MR) is 70.1 cm³/mol. The van der Waals surface area contributed by atoms with Gasteiger partial charge in [0.05, 0.1) is 5.92 Å². The number of benzene rings is 1. The minimum Gasteiger partial charge on any atom is -0.460 e. The minimum atomic E-state index is -0.423. The Hall–Kier alpha value is -1.31. The van der Waals surface area contributed by atoms with Crippen LogP contribution in [-0.4, -0.2) is 11.6 Å². The number of esters is 1. The van der Waals surface area contributed by atoms with Gasteiger partial charge < -0.3 is 4.74 Å². The number of carbonyl (C=O) groups excluding carboxylic acids is 1. The summed E-state index contributed by atoms with van der Waals surface area (Å²) in [6.45, 7) is 9.67. The molecule has 0 heterocycles. The summed E-state index contributed by atoms with van der Waals surface area (Å²) < 4.78 is 5.39. The van der Waals surface area contributed by atoms with Crippen molar-refractivity contribution in [1.29, 1.82) is 0 Å². The fourth-order valence-corrected chi connectivity index (χ4v) is 1.61. The number of hydrogen-bond donors (Lipinski definition) is 0. The monoisotopic (exact) mass is 234 g/mol. The molecule has 1 rings (SSSR count). The molecule has 0 amide bonds. The third kappa shape index (κ3) is 4.22. The molecule has 0 radical (unpaired) electrons. The fourth-order valence-electron chi connectivity index (χ4n) is 1.61.